The van der Waals surface area contributed by atoms with Gasteiger partial charge in [0.05, 0.1) is 76.8 Å². The lowest BCUT2D eigenvalue weighted by molar-refractivity contribution is 0.00206. The molecule has 1 fully saturated rings. The van der Waals surface area contributed by atoms with Crippen molar-refractivity contribution in [2.75, 3.05) is 65.9 Å². The molecule has 5 nitrogen and oxygen atoms in total. The first kappa shape index (κ1) is 5.42. The van der Waals surface area contributed by atoms with Gasteiger partial charge in [-0.1, -0.05) is 0 Å². The zero-order valence-electron chi connectivity index (χ0n) is 16.3. The van der Waals surface area contributed by atoms with Crippen LogP contribution in [0.5, 0.6) is 0 Å². The normalized spacial score (nSPS) is 45.3. The molecule has 0 saturated carbocycles. The minimum absolute atomic E-state index is 0.0239. The largest absolute Gasteiger partial charge is 0.377 e. The maximum absolute atomic E-state index is 7.54. The minimum atomic E-state index is -3.03. The van der Waals surface area contributed by atoms with Gasteiger partial charge in [0.25, 0.3) is 0 Å². The summed E-state index contributed by atoms with van der Waals surface area (Å²) < 4.78 is 84.3. The lowest BCUT2D eigenvalue weighted by Gasteiger charge is -2.05. The Bertz CT molecular complexity index is 344. The van der Waals surface area contributed by atoms with Gasteiger partial charge >= 0.3 is 0 Å². The first-order valence-corrected chi connectivity index (χ1v) is 4.51. The molecule has 0 spiro atoms. The van der Waals surface area contributed by atoms with Crippen LogP contribution in [0.3, 0.4) is 0 Å². The van der Waals surface area contributed by atoms with Gasteiger partial charge in [-0.3, -0.25) is 0 Å². The Balaban J connectivity index is 2.82. The van der Waals surface area contributed by atoms with E-state index in [2.05, 4.69) is 9.47 Å². The third kappa shape index (κ3) is 8.77. The van der Waals surface area contributed by atoms with E-state index in [0.717, 1.165) is 0 Å². The van der Waals surface area contributed by atoms with E-state index in [4.69, 9.17) is 25.2 Å². The maximum Gasteiger partial charge on any atom is 0.0701 e. The van der Waals surface area contributed by atoms with Crippen LogP contribution in [0.2, 0.25) is 0 Å². The summed E-state index contributed by atoms with van der Waals surface area (Å²) in [5.74, 6) is 0. The molecule has 0 aromatic heterocycles. The van der Waals surface area contributed by atoms with Crippen LogP contribution >= 0.6 is 0 Å². The van der Waals surface area contributed by atoms with Gasteiger partial charge in [-0.2, -0.15) is 0 Å². The molecule has 0 radical (unpaired) electrons. The standard InChI is InChI=1S/C10H20O5/c1-2-12-5-6-14-9-10-15-8-7-13-4-3-11-1/h1-10H2/i1D2,2D2,4D2,6D2. The molecule has 0 amide bonds. The SMILES string of the molecule is [2H]C1([2H])COC([2H])([2H])C([2H])([2H])OCC([2H])([2H])OCCOCCO1. The Kier molecular flexibility index (Phi) is 3.73. The zero-order valence-corrected chi connectivity index (χ0v) is 8.28. The van der Waals surface area contributed by atoms with E-state index in [9.17, 15) is 0 Å². The quantitative estimate of drug-likeness (QED) is 0.588. The van der Waals surface area contributed by atoms with Gasteiger partial charge in [-0.25, -0.2) is 0 Å². The molecule has 15 heavy (non-hydrogen) atoms. The summed E-state index contributed by atoms with van der Waals surface area (Å²) in [5.41, 5.74) is 0. The third-order valence-electron chi connectivity index (χ3n) is 1.31. The predicted octanol–water partition coefficient (Wildman–Crippen LogP) is 0.0830. The van der Waals surface area contributed by atoms with Crippen molar-refractivity contribution < 1.29 is 34.7 Å². The fourth-order valence-corrected chi connectivity index (χ4v) is 0.721. The molecule has 5 heteroatoms. The van der Waals surface area contributed by atoms with Crippen molar-refractivity contribution in [1.29, 1.82) is 0 Å². The number of rotatable bonds is 0. The Morgan fingerprint density at radius 2 is 0.867 bits per heavy atom. The van der Waals surface area contributed by atoms with Crippen molar-refractivity contribution in [3.63, 3.8) is 0 Å². The number of hydrogen-bond acceptors (Lipinski definition) is 5. The van der Waals surface area contributed by atoms with E-state index in [1.165, 1.54) is 0 Å². The van der Waals surface area contributed by atoms with Gasteiger partial charge in [0.15, 0.2) is 0 Å². The summed E-state index contributed by atoms with van der Waals surface area (Å²) in [6, 6.07) is 0. The smallest absolute Gasteiger partial charge is 0.0701 e. The fourth-order valence-electron chi connectivity index (χ4n) is 0.721. The highest BCUT2D eigenvalue weighted by Gasteiger charge is 1.95. The van der Waals surface area contributed by atoms with Crippen LogP contribution in [-0.4, -0.2) is 65.9 Å². The lowest BCUT2D eigenvalue weighted by Crippen LogP contribution is -2.12. The third-order valence-corrected chi connectivity index (χ3v) is 1.31. The van der Waals surface area contributed by atoms with Crippen LogP contribution in [0.25, 0.3) is 0 Å². The molecule has 90 valence electrons. The van der Waals surface area contributed by atoms with E-state index in [1.54, 1.807) is 0 Å². The van der Waals surface area contributed by atoms with Gasteiger partial charge in [-0.15, -0.1) is 0 Å². The second-order valence-electron chi connectivity index (χ2n) is 2.38. The van der Waals surface area contributed by atoms with Crippen molar-refractivity contribution in [2.24, 2.45) is 0 Å². The van der Waals surface area contributed by atoms with Crippen LogP contribution in [0, 0.1) is 0 Å². The fraction of sp³-hybridized carbons (Fsp3) is 1.00. The highest BCUT2D eigenvalue weighted by Crippen LogP contribution is 1.85. The van der Waals surface area contributed by atoms with Crippen molar-refractivity contribution in [1.82, 2.24) is 0 Å². The first-order chi connectivity index (χ1) is 10.4. The average molecular weight is 228 g/mol. The molecule has 0 N–H and O–H groups in total. The Labute approximate surface area is 102 Å². The van der Waals surface area contributed by atoms with E-state index >= 15 is 0 Å². The van der Waals surface area contributed by atoms with Crippen molar-refractivity contribution in [3.05, 3.63) is 0 Å². The number of hydrogen-bond donors (Lipinski definition) is 0. The Morgan fingerprint density at radius 1 is 0.467 bits per heavy atom. The highest BCUT2D eigenvalue weighted by molar-refractivity contribution is 4.37. The summed E-state index contributed by atoms with van der Waals surface area (Å²) in [6.07, 6.45) is 0. The molecule has 0 aromatic carbocycles. The predicted molar refractivity (Wildman–Crippen MR) is 54.1 cm³/mol. The van der Waals surface area contributed by atoms with Crippen molar-refractivity contribution >= 4 is 0 Å². The van der Waals surface area contributed by atoms with Gasteiger partial charge in [0.1, 0.15) is 0 Å². The minimum Gasteiger partial charge on any atom is -0.377 e. The summed E-state index contributed by atoms with van der Waals surface area (Å²) >= 11 is 0. The summed E-state index contributed by atoms with van der Waals surface area (Å²) in [4.78, 5) is 0. The zero-order chi connectivity index (χ0) is 17.8. The van der Waals surface area contributed by atoms with Gasteiger partial charge in [0.2, 0.25) is 0 Å². The molecule has 0 aliphatic carbocycles. The maximum atomic E-state index is 7.54. The van der Waals surface area contributed by atoms with Crippen LogP contribution in [0.1, 0.15) is 11.0 Å². The summed E-state index contributed by atoms with van der Waals surface area (Å²) in [6.45, 7) is -12.8. The molecular formula is C10H20O5. The molecule has 1 aliphatic heterocycles. The van der Waals surface area contributed by atoms with Gasteiger partial charge in [0, 0.05) is 0 Å². The molecule has 0 unspecified atom stereocenters. The molecule has 1 saturated heterocycles. The van der Waals surface area contributed by atoms with Crippen LogP contribution in [-0.2, 0) is 23.7 Å². The second-order valence-corrected chi connectivity index (χ2v) is 2.38. The molecule has 1 heterocycles. The number of ether oxygens (including phenoxy) is 5. The topological polar surface area (TPSA) is 46.2 Å². The van der Waals surface area contributed by atoms with Crippen molar-refractivity contribution in [3.8, 4) is 0 Å². The lowest BCUT2D eigenvalue weighted by atomic mass is 10.7. The van der Waals surface area contributed by atoms with E-state index < -0.39 is 39.4 Å². The van der Waals surface area contributed by atoms with Crippen LogP contribution in [0.4, 0.5) is 0 Å². The molecule has 0 aromatic rings. The van der Waals surface area contributed by atoms with Crippen molar-refractivity contribution in [2.45, 2.75) is 0 Å². The molecule has 1 aliphatic rings. The second kappa shape index (κ2) is 10.3. The monoisotopic (exact) mass is 228 g/mol. The van der Waals surface area contributed by atoms with Crippen LogP contribution < -0.4 is 0 Å². The van der Waals surface area contributed by atoms with Gasteiger partial charge < -0.3 is 23.7 Å². The molecular weight excluding hydrogens is 200 g/mol. The molecule has 0 bridgehead atoms. The summed E-state index contributed by atoms with van der Waals surface area (Å²) in [7, 11) is 0. The Morgan fingerprint density at radius 3 is 1.40 bits per heavy atom. The van der Waals surface area contributed by atoms with Crippen LogP contribution in [0.15, 0.2) is 0 Å². The average Bonchev–Trinajstić information content (AvgIpc) is 2.41. The van der Waals surface area contributed by atoms with E-state index in [-0.39, 0.29) is 26.4 Å². The van der Waals surface area contributed by atoms with E-state index in [0.29, 0.717) is 0 Å². The highest BCUT2D eigenvalue weighted by atomic mass is 16.6. The first-order valence-electron chi connectivity index (χ1n) is 8.51. The molecule has 0 atom stereocenters. The molecule has 1 rings (SSSR count). The summed E-state index contributed by atoms with van der Waals surface area (Å²) in [5, 5.41) is 0. The van der Waals surface area contributed by atoms with Gasteiger partial charge in [-0.05, 0) is 0 Å². The Hall–Kier alpha value is -0.200. The van der Waals surface area contributed by atoms with E-state index in [1.807, 2.05) is 0 Å².